The Labute approximate surface area is 168 Å². The van der Waals surface area contributed by atoms with Gasteiger partial charge in [0.1, 0.15) is 5.75 Å². The number of likely N-dealkylation sites (tertiary alicyclic amines) is 1. The Kier molecular flexibility index (Phi) is 9.07. The number of nitrogens with one attached hydrogen (secondary N) is 1. The van der Waals surface area contributed by atoms with E-state index in [1.54, 1.807) is 7.11 Å². The average molecular weight is 392 g/mol. The van der Waals surface area contributed by atoms with E-state index in [1.165, 1.54) is 7.11 Å². The van der Waals surface area contributed by atoms with Gasteiger partial charge < -0.3 is 24.4 Å². The second kappa shape index (κ2) is 11.5. The fourth-order valence-electron chi connectivity index (χ4n) is 3.32. The topological polar surface area (TPSA) is 72.4 Å². The highest BCUT2D eigenvalue weighted by molar-refractivity contribution is 5.82. The normalized spacial score (nSPS) is 19.6. The predicted molar refractivity (Wildman–Crippen MR) is 109 cm³/mol. The summed E-state index contributed by atoms with van der Waals surface area (Å²) in [4.78, 5) is 18.9. The van der Waals surface area contributed by atoms with Gasteiger partial charge in [0.15, 0.2) is 5.96 Å². The van der Waals surface area contributed by atoms with Gasteiger partial charge in [-0.2, -0.15) is 0 Å². The maximum absolute atomic E-state index is 12.0. The number of ether oxygens (including phenoxy) is 3. The van der Waals surface area contributed by atoms with Crippen LogP contribution in [0.1, 0.15) is 25.8 Å². The van der Waals surface area contributed by atoms with Crippen molar-refractivity contribution in [2.45, 2.75) is 26.8 Å². The SMILES string of the molecule is CCNC(=NCc1cccc(OCCCOC)c1)N1CC(C)C(C(=O)OC)C1. The number of benzene rings is 1. The number of esters is 1. The van der Waals surface area contributed by atoms with Crippen molar-refractivity contribution in [1.82, 2.24) is 10.2 Å². The Morgan fingerprint density at radius 1 is 1.29 bits per heavy atom. The Hall–Kier alpha value is -2.28. The molecule has 0 radical (unpaired) electrons. The standard InChI is InChI=1S/C21H33N3O4/c1-5-22-21(24-14-16(2)19(15-24)20(25)27-4)23-13-17-8-6-9-18(12-17)28-11-7-10-26-3/h6,8-9,12,16,19H,5,7,10-11,13-15H2,1-4H3,(H,22,23). The van der Waals surface area contributed by atoms with Crippen LogP contribution in [0.25, 0.3) is 0 Å². The maximum Gasteiger partial charge on any atom is 0.310 e. The van der Waals surface area contributed by atoms with E-state index in [0.717, 1.165) is 36.8 Å². The molecule has 0 saturated carbocycles. The molecule has 2 atom stereocenters. The van der Waals surface area contributed by atoms with E-state index >= 15 is 0 Å². The van der Waals surface area contributed by atoms with Gasteiger partial charge in [-0.3, -0.25) is 4.79 Å². The molecule has 0 amide bonds. The fraction of sp³-hybridized carbons (Fsp3) is 0.619. The Bertz CT molecular complexity index is 650. The third-order valence-electron chi connectivity index (χ3n) is 4.82. The van der Waals surface area contributed by atoms with E-state index in [9.17, 15) is 4.79 Å². The molecule has 7 nitrogen and oxygen atoms in total. The second-order valence-corrected chi connectivity index (χ2v) is 7.02. The largest absolute Gasteiger partial charge is 0.493 e. The zero-order valence-corrected chi connectivity index (χ0v) is 17.4. The first-order chi connectivity index (χ1) is 13.6. The first-order valence-electron chi connectivity index (χ1n) is 9.90. The molecule has 1 N–H and O–H groups in total. The van der Waals surface area contributed by atoms with Crippen LogP contribution in [0.2, 0.25) is 0 Å². The van der Waals surface area contributed by atoms with E-state index < -0.39 is 0 Å². The first kappa shape index (κ1) is 22.0. The van der Waals surface area contributed by atoms with Gasteiger partial charge in [0, 0.05) is 39.8 Å². The van der Waals surface area contributed by atoms with Gasteiger partial charge >= 0.3 is 5.97 Å². The quantitative estimate of drug-likeness (QED) is 0.301. The molecule has 1 fully saturated rings. The Morgan fingerprint density at radius 3 is 2.82 bits per heavy atom. The third kappa shape index (κ3) is 6.41. The minimum Gasteiger partial charge on any atom is -0.493 e. The van der Waals surface area contributed by atoms with Gasteiger partial charge in [-0.05, 0) is 30.5 Å². The van der Waals surface area contributed by atoms with Crippen molar-refractivity contribution in [2.24, 2.45) is 16.8 Å². The van der Waals surface area contributed by atoms with E-state index in [4.69, 9.17) is 19.2 Å². The van der Waals surface area contributed by atoms with Crippen molar-refractivity contribution in [3.63, 3.8) is 0 Å². The van der Waals surface area contributed by atoms with Crippen LogP contribution < -0.4 is 10.1 Å². The fourth-order valence-corrected chi connectivity index (χ4v) is 3.32. The summed E-state index contributed by atoms with van der Waals surface area (Å²) in [5.74, 6) is 1.64. The second-order valence-electron chi connectivity index (χ2n) is 7.02. The van der Waals surface area contributed by atoms with Crippen LogP contribution in [-0.2, 0) is 20.8 Å². The molecule has 0 spiro atoms. The van der Waals surface area contributed by atoms with Crippen molar-refractivity contribution in [3.05, 3.63) is 29.8 Å². The van der Waals surface area contributed by atoms with Crippen LogP contribution in [0, 0.1) is 11.8 Å². The zero-order chi connectivity index (χ0) is 20.4. The van der Waals surface area contributed by atoms with Gasteiger partial charge in [-0.15, -0.1) is 0 Å². The van der Waals surface area contributed by atoms with Gasteiger partial charge in [0.05, 0.1) is 26.2 Å². The molecule has 1 heterocycles. The number of nitrogens with zero attached hydrogens (tertiary/aromatic N) is 2. The molecular formula is C21H33N3O4. The summed E-state index contributed by atoms with van der Waals surface area (Å²) < 4.78 is 15.7. The Morgan fingerprint density at radius 2 is 2.11 bits per heavy atom. The highest BCUT2D eigenvalue weighted by Gasteiger charge is 2.36. The summed E-state index contributed by atoms with van der Waals surface area (Å²) in [5.41, 5.74) is 1.08. The predicted octanol–water partition coefficient (Wildman–Crippen LogP) is 2.31. The number of hydrogen-bond acceptors (Lipinski definition) is 5. The number of guanidine groups is 1. The van der Waals surface area contributed by atoms with Gasteiger partial charge in [-0.1, -0.05) is 19.1 Å². The third-order valence-corrected chi connectivity index (χ3v) is 4.82. The monoisotopic (exact) mass is 391 g/mol. The lowest BCUT2D eigenvalue weighted by atomic mass is 9.99. The lowest BCUT2D eigenvalue weighted by Crippen LogP contribution is -2.40. The molecule has 7 heteroatoms. The minimum atomic E-state index is -0.149. The molecule has 1 aliphatic rings. The minimum absolute atomic E-state index is 0.113. The summed E-state index contributed by atoms with van der Waals surface area (Å²) in [6, 6.07) is 7.99. The molecule has 28 heavy (non-hydrogen) atoms. The lowest BCUT2D eigenvalue weighted by Gasteiger charge is -2.21. The molecule has 0 aromatic heterocycles. The molecule has 2 unspecified atom stereocenters. The first-order valence-corrected chi connectivity index (χ1v) is 9.90. The maximum atomic E-state index is 12.0. The van der Waals surface area contributed by atoms with Crippen LogP contribution in [0.3, 0.4) is 0 Å². The zero-order valence-electron chi connectivity index (χ0n) is 17.4. The van der Waals surface area contributed by atoms with Crippen LogP contribution >= 0.6 is 0 Å². The lowest BCUT2D eigenvalue weighted by molar-refractivity contribution is -0.145. The molecule has 156 valence electrons. The summed E-state index contributed by atoms with van der Waals surface area (Å²) >= 11 is 0. The van der Waals surface area contributed by atoms with Crippen LogP contribution in [0.15, 0.2) is 29.3 Å². The van der Waals surface area contributed by atoms with E-state index in [2.05, 4.69) is 17.1 Å². The number of carbonyl (C=O) groups excluding carboxylic acids is 1. The molecule has 0 bridgehead atoms. The molecule has 2 rings (SSSR count). The average Bonchev–Trinajstić information content (AvgIpc) is 3.09. The van der Waals surface area contributed by atoms with E-state index in [1.807, 2.05) is 31.2 Å². The summed E-state index contributed by atoms with van der Waals surface area (Å²) in [6.07, 6.45) is 0.859. The van der Waals surface area contributed by atoms with Crippen molar-refractivity contribution < 1.29 is 19.0 Å². The van der Waals surface area contributed by atoms with Crippen molar-refractivity contribution >= 4 is 11.9 Å². The van der Waals surface area contributed by atoms with Crippen molar-refractivity contribution in [3.8, 4) is 5.75 Å². The smallest absolute Gasteiger partial charge is 0.310 e. The Balaban J connectivity index is 2.00. The number of hydrogen-bond donors (Lipinski definition) is 1. The number of rotatable bonds is 9. The molecular weight excluding hydrogens is 358 g/mol. The van der Waals surface area contributed by atoms with Crippen molar-refractivity contribution in [2.75, 3.05) is 47.1 Å². The number of methoxy groups -OCH3 is 2. The van der Waals surface area contributed by atoms with Crippen LogP contribution in [0.5, 0.6) is 5.75 Å². The number of aliphatic imine (C=N–C) groups is 1. The van der Waals surface area contributed by atoms with Gasteiger partial charge in [-0.25, -0.2) is 4.99 Å². The van der Waals surface area contributed by atoms with E-state index in [0.29, 0.717) is 26.3 Å². The number of carbonyl (C=O) groups is 1. The molecule has 0 aliphatic carbocycles. The summed E-state index contributed by atoms with van der Waals surface area (Å²) in [6.45, 7) is 8.18. The van der Waals surface area contributed by atoms with Gasteiger partial charge in [0.2, 0.25) is 0 Å². The molecule has 1 aliphatic heterocycles. The highest BCUT2D eigenvalue weighted by Crippen LogP contribution is 2.24. The van der Waals surface area contributed by atoms with Crippen LogP contribution in [-0.4, -0.2) is 63.9 Å². The van der Waals surface area contributed by atoms with Crippen molar-refractivity contribution in [1.29, 1.82) is 0 Å². The molecule has 1 aromatic carbocycles. The highest BCUT2D eigenvalue weighted by atomic mass is 16.5. The molecule has 1 aromatic rings. The summed E-state index contributed by atoms with van der Waals surface area (Å²) in [7, 11) is 3.14. The summed E-state index contributed by atoms with van der Waals surface area (Å²) in [5, 5.41) is 3.33. The van der Waals surface area contributed by atoms with Crippen LogP contribution in [0.4, 0.5) is 0 Å². The van der Waals surface area contributed by atoms with Gasteiger partial charge in [0.25, 0.3) is 0 Å². The van der Waals surface area contributed by atoms with E-state index in [-0.39, 0.29) is 17.8 Å². The molecule has 1 saturated heterocycles.